The van der Waals surface area contributed by atoms with Crippen molar-refractivity contribution in [1.29, 1.82) is 0 Å². The molecule has 362 valence electrons. The van der Waals surface area contributed by atoms with Crippen molar-refractivity contribution < 1.29 is 28.7 Å². The van der Waals surface area contributed by atoms with Crippen molar-refractivity contribution in [2.45, 2.75) is 76.2 Å². The number of alkyl carbamates (subject to hydrolysis) is 2. The zero-order chi connectivity index (χ0) is 48.9. The fraction of sp³-hybridized carbons (Fsp3) is 0.333. The minimum Gasteiger partial charge on any atom is -0.453 e. The minimum atomic E-state index is -0.934. The van der Waals surface area contributed by atoms with Gasteiger partial charge in [0.1, 0.15) is 23.7 Å². The molecule has 14 heteroatoms. The van der Waals surface area contributed by atoms with Crippen LogP contribution in [0.3, 0.4) is 0 Å². The molecule has 5 unspecified atom stereocenters. The van der Waals surface area contributed by atoms with Crippen LogP contribution in [-0.4, -0.2) is 69.1 Å². The number of aromatic amines is 2. The molecule has 2 aromatic heterocycles. The second-order valence-corrected chi connectivity index (χ2v) is 20.0. The zero-order valence-corrected chi connectivity index (χ0v) is 40.2. The van der Waals surface area contributed by atoms with E-state index in [0.29, 0.717) is 40.5 Å². The topological polar surface area (TPSA) is 183 Å². The summed E-state index contributed by atoms with van der Waals surface area (Å²) in [6.45, 7) is 4.56. The van der Waals surface area contributed by atoms with Gasteiger partial charge in [0.2, 0.25) is 5.91 Å². The van der Waals surface area contributed by atoms with E-state index in [0.717, 1.165) is 63.5 Å². The smallest absolute Gasteiger partial charge is 0.407 e. The highest BCUT2D eigenvalue weighted by Crippen LogP contribution is 2.57. The number of hydrogen-bond acceptors (Lipinski definition) is 8. The van der Waals surface area contributed by atoms with Gasteiger partial charge in [-0.2, -0.15) is 0 Å². The third-order valence-electron chi connectivity index (χ3n) is 15.7. The summed E-state index contributed by atoms with van der Waals surface area (Å²) in [6, 6.07) is 33.7. The fourth-order valence-corrected chi connectivity index (χ4v) is 11.2. The Kier molecular flexibility index (Phi) is 12.1. The number of H-pyrrole nitrogens is 2. The van der Waals surface area contributed by atoms with Gasteiger partial charge in [-0.05, 0) is 106 Å². The molecule has 0 bridgehead atoms. The molecule has 0 spiro atoms. The van der Waals surface area contributed by atoms with E-state index < -0.39 is 24.3 Å². The number of carbonyl (C=O) groups excluding carboxylic acids is 4. The number of ether oxygens (including phenoxy) is 2. The molecule has 4 aliphatic carbocycles. The maximum atomic E-state index is 14.7. The number of allylic oxidation sites excluding steroid dienone is 2. The number of fused-ring (bicyclic) bond motifs is 4. The number of rotatable bonds is 15. The number of imidazole rings is 2. The molecule has 3 saturated carbocycles. The van der Waals surface area contributed by atoms with Crippen LogP contribution in [0.15, 0.2) is 128 Å². The number of carbonyl (C=O) groups is 4. The van der Waals surface area contributed by atoms with Crippen molar-refractivity contribution in [3.8, 4) is 22.4 Å². The molecule has 0 saturated heterocycles. The Bertz CT molecular complexity index is 3150. The summed E-state index contributed by atoms with van der Waals surface area (Å²) in [4.78, 5) is 72.5. The SMILES string of the molecule is COC(=O)N[C@@H](C(=O)NC(c1ncc(-c2ccc(-c3ccc4c(ccc5[nH]c(CN(C(=O)[C@H](NC(=O)OC)c6ccc(C7C=CC7)cc6)C6[C@@H](C)[C@H]6C)nc54)c3)cc2)[nH]1)C1CC2C[C@H]2C1)c1ccccc1. The summed E-state index contributed by atoms with van der Waals surface area (Å²) in [5.41, 5.74) is 8.13. The third kappa shape index (κ3) is 9.14. The van der Waals surface area contributed by atoms with Crippen LogP contribution in [0.1, 0.15) is 91.9 Å². The van der Waals surface area contributed by atoms with E-state index in [4.69, 9.17) is 19.4 Å². The van der Waals surface area contributed by atoms with E-state index in [1.54, 1.807) is 0 Å². The molecular weight excluding hydrogens is 893 g/mol. The standard InChI is InChI=1S/C57H58N8O6/c1-31-32(2)52(31)65(55(67)50(64-57(69)71-4)38-19-15-34(16-20-38)33-11-8-12-33)30-47-59-45-24-22-40-25-39(21-23-44(40)51(45)61-47)35-13-17-36(18-14-35)46-29-58-53(60-46)48(43-27-41-26-42(41)28-43)62-54(66)49(63-56(68)70-3)37-9-6-5-7-10-37/h5-11,13-25,29,31-33,41-43,48-50,52H,12,26-28,30H2,1-4H3,(H,58,60)(H,59,61)(H,62,66)(H,63,68)(H,64,69)/t31-,32+,33?,41-,42?,43?,48?,49+,50+,52?/m0/s1. The summed E-state index contributed by atoms with van der Waals surface area (Å²) in [6.07, 6.45) is 9.07. The quantitative estimate of drug-likeness (QED) is 0.0629. The minimum absolute atomic E-state index is 0.0125. The Morgan fingerprint density at radius 2 is 1.39 bits per heavy atom. The van der Waals surface area contributed by atoms with Gasteiger partial charge in [0.15, 0.2) is 0 Å². The molecule has 4 amide bonds. The van der Waals surface area contributed by atoms with Gasteiger partial charge in [0, 0.05) is 17.3 Å². The number of nitrogens with one attached hydrogen (secondary N) is 5. The van der Waals surface area contributed by atoms with Gasteiger partial charge in [-0.15, -0.1) is 0 Å². The number of methoxy groups -OCH3 is 2. The maximum absolute atomic E-state index is 14.7. The average molecular weight is 951 g/mol. The maximum Gasteiger partial charge on any atom is 0.407 e. The molecule has 71 heavy (non-hydrogen) atoms. The highest BCUT2D eigenvalue weighted by molar-refractivity contribution is 6.05. The van der Waals surface area contributed by atoms with E-state index in [1.807, 2.05) is 71.8 Å². The van der Waals surface area contributed by atoms with Crippen LogP contribution < -0.4 is 16.0 Å². The number of nitrogens with zero attached hydrogens (tertiary/aromatic N) is 3. The molecule has 0 aliphatic heterocycles. The second kappa shape index (κ2) is 18.9. The van der Waals surface area contributed by atoms with Crippen molar-refractivity contribution in [1.82, 2.24) is 40.8 Å². The number of aromatic nitrogens is 4. The van der Waals surface area contributed by atoms with Gasteiger partial charge in [-0.25, -0.2) is 19.6 Å². The van der Waals surface area contributed by atoms with Crippen LogP contribution in [0, 0.1) is 29.6 Å². The molecule has 10 atom stereocenters. The average Bonchev–Trinajstić information content (AvgIpc) is 3.90. The van der Waals surface area contributed by atoms with Gasteiger partial charge in [-0.3, -0.25) is 9.59 Å². The molecular formula is C57H58N8O6. The largest absolute Gasteiger partial charge is 0.453 e. The van der Waals surface area contributed by atoms with E-state index in [-0.39, 0.29) is 48.2 Å². The predicted octanol–water partition coefficient (Wildman–Crippen LogP) is 10.2. The lowest BCUT2D eigenvalue weighted by Gasteiger charge is -2.28. The van der Waals surface area contributed by atoms with Crippen LogP contribution >= 0.6 is 0 Å². The summed E-state index contributed by atoms with van der Waals surface area (Å²) in [7, 11) is 2.59. The molecule has 11 rings (SSSR count). The van der Waals surface area contributed by atoms with Crippen molar-refractivity contribution in [3.05, 3.63) is 156 Å². The van der Waals surface area contributed by atoms with Crippen LogP contribution in [0.2, 0.25) is 0 Å². The first-order chi connectivity index (χ1) is 34.5. The Balaban J connectivity index is 0.812. The van der Waals surface area contributed by atoms with Gasteiger partial charge < -0.3 is 40.3 Å². The molecule has 3 fully saturated rings. The van der Waals surface area contributed by atoms with Crippen molar-refractivity contribution >= 4 is 45.8 Å². The molecule has 7 aromatic rings. The van der Waals surface area contributed by atoms with Crippen molar-refractivity contribution in [3.63, 3.8) is 0 Å². The monoisotopic (exact) mass is 950 g/mol. The molecule has 4 aliphatic rings. The second-order valence-electron chi connectivity index (χ2n) is 20.0. The molecule has 14 nitrogen and oxygen atoms in total. The highest BCUT2D eigenvalue weighted by atomic mass is 16.5. The zero-order valence-electron chi connectivity index (χ0n) is 40.2. The van der Waals surface area contributed by atoms with Crippen LogP contribution in [0.4, 0.5) is 9.59 Å². The molecule has 5 N–H and O–H groups in total. The normalized spacial score (nSPS) is 22.9. The summed E-state index contributed by atoms with van der Waals surface area (Å²) < 4.78 is 9.86. The van der Waals surface area contributed by atoms with E-state index in [2.05, 4.69) is 100 Å². The highest BCUT2D eigenvalue weighted by Gasteiger charge is 2.51. The third-order valence-corrected chi connectivity index (χ3v) is 15.7. The molecule has 0 radical (unpaired) electrons. The fourth-order valence-electron chi connectivity index (χ4n) is 11.2. The lowest BCUT2D eigenvalue weighted by atomic mass is 9.87. The van der Waals surface area contributed by atoms with Gasteiger partial charge in [0.05, 0.1) is 49.7 Å². The first-order valence-corrected chi connectivity index (χ1v) is 24.7. The molecule has 2 heterocycles. The van der Waals surface area contributed by atoms with E-state index in [1.165, 1.54) is 26.2 Å². The number of amides is 4. The Hall–Kier alpha value is -7.74. The van der Waals surface area contributed by atoms with Crippen molar-refractivity contribution in [2.75, 3.05) is 14.2 Å². The van der Waals surface area contributed by atoms with Crippen LogP contribution in [0.5, 0.6) is 0 Å². The van der Waals surface area contributed by atoms with Crippen LogP contribution in [-0.2, 0) is 25.6 Å². The van der Waals surface area contributed by atoms with E-state index in [9.17, 15) is 19.2 Å². The molecule has 5 aromatic carbocycles. The van der Waals surface area contributed by atoms with Crippen LogP contribution in [0.25, 0.3) is 44.2 Å². The Morgan fingerprint density at radius 3 is 2.06 bits per heavy atom. The lowest BCUT2D eigenvalue weighted by Crippen LogP contribution is -2.44. The summed E-state index contributed by atoms with van der Waals surface area (Å²) in [5, 5.41) is 10.8. The van der Waals surface area contributed by atoms with Gasteiger partial charge in [-0.1, -0.05) is 123 Å². The lowest BCUT2D eigenvalue weighted by molar-refractivity contribution is -0.135. The summed E-state index contributed by atoms with van der Waals surface area (Å²) >= 11 is 0. The van der Waals surface area contributed by atoms with Crippen molar-refractivity contribution in [2.24, 2.45) is 29.6 Å². The first kappa shape index (κ1) is 45.7. The first-order valence-electron chi connectivity index (χ1n) is 24.7. The number of benzene rings is 5. The Morgan fingerprint density at radius 1 is 0.732 bits per heavy atom. The van der Waals surface area contributed by atoms with E-state index >= 15 is 0 Å². The number of hydrogen-bond donors (Lipinski definition) is 5. The Labute approximate surface area is 412 Å². The van der Waals surface area contributed by atoms with Gasteiger partial charge >= 0.3 is 12.2 Å². The predicted molar refractivity (Wildman–Crippen MR) is 270 cm³/mol. The summed E-state index contributed by atoms with van der Waals surface area (Å²) in [5.74, 6) is 3.36. The van der Waals surface area contributed by atoms with Gasteiger partial charge in [0.25, 0.3) is 5.91 Å².